The number of aliphatic hydroxyl groups is 1. The summed E-state index contributed by atoms with van der Waals surface area (Å²) in [6, 6.07) is 7.60. The summed E-state index contributed by atoms with van der Waals surface area (Å²) in [5.41, 5.74) is 6.30. The van der Waals surface area contributed by atoms with Crippen LogP contribution in [-0.2, 0) is 0 Å². The lowest BCUT2D eigenvalue weighted by atomic mass is 9.80. The first-order chi connectivity index (χ1) is 11.0. The Labute approximate surface area is 138 Å². The number of benzene rings is 1. The minimum atomic E-state index is 0.328. The van der Waals surface area contributed by atoms with Crippen molar-refractivity contribution in [1.29, 1.82) is 0 Å². The maximum Gasteiger partial charge on any atom is 0.119 e. The van der Waals surface area contributed by atoms with Crippen LogP contribution in [0.25, 0.3) is 0 Å². The minimum Gasteiger partial charge on any atom is -0.508 e. The second kappa shape index (κ2) is 6.49. The average molecular weight is 308 g/mol. The standard InChI is InChI=1S/C21H24O2/c1-14(2)20-13-18(9-12-21(20)23)17-5-3-15(4-6-17)16-7-10-19(22)11-8-16/h5,7-12,15,22-23H,3-4,6,13H2,1-2H3. The van der Waals surface area contributed by atoms with E-state index in [0.29, 0.717) is 17.4 Å². The van der Waals surface area contributed by atoms with Crippen LogP contribution in [0.4, 0.5) is 0 Å². The fourth-order valence-corrected chi connectivity index (χ4v) is 3.45. The fraction of sp³-hybridized carbons (Fsp3) is 0.333. The molecule has 1 unspecified atom stereocenters. The lowest BCUT2D eigenvalue weighted by Crippen LogP contribution is -2.08. The Morgan fingerprint density at radius 2 is 1.74 bits per heavy atom. The lowest BCUT2D eigenvalue weighted by molar-refractivity contribution is 0.418. The third-order valence-electron chi connectivity index (χ3n) is 4.91. The molecule has 2 aliphatic carbocycles. The van der Waals surface area contributed by atoms with E-state index in [9.17, 15) is 10.2 Å². The van der Waals surface area contributed by atoms with Gasteiger partial charge in [0.1, 0.15) is 11.5 Å². The van der Waals surface area contributed by atoms with Crippen molar-refractivity contribution in [3.05, 3.63) is 76.1 Å². The monoisotopic (exact) mass is 308 g/mol. The molecule has 23 heavy (non-hydrogen) atoms. The number of hydrogen-bond acceptors (Lipinski definition) is 2. The molecular formula is C21H24O2. The SMILES string of the molecule is CC(C)=C1CC(C2=CCC(c3ccc(O)cc3)CC2)=CC=C1O. The molecule has 0 saturated heterocycles. The van der Waals surface area contributed by atoms with Crippen LogP contribution in [-0.4, -0.2) is 10.2 Å². The van der Waals surface area contributed by atoms with Crippen LogP contribution in [0.2, 0.25) is 0 Å². The van der Waals surface area contributed by atoms with Gasteiger partial charge in [-0.25, -0.2) is 0 Å². The summed E-state index contributed by atoms with van der Waals surface area (Å²) in [6.07, 6.45) is 10.3. The molecule has 2 N–H and O–H groups in total. The lowest BCUT2D eigenvalue weighted by Gasteiger charge is -2.25. The van der Waals surface area contributed by atoms with Crippen molar-refractivity contribution in [2.45, 2.75) is 45.4 Å². The molecule has 0 aliphatic heterocycles. The summed E-state index contributed by atoms with van der Waals surface area (Å²) >= 11 is 0. The van der Waals surface area contributed by atoms with Gasteiger partial charge in [-0.1, -0.05) is 29.9 Å². The molecule has 0 bridgehead atoms. The van der Waals surface area contributed by atoms with Gasteiger partial charge in [0.2, 0.25) is 0 Å². The largest absolute Gasteiger partial charge is 0.508 e. The van der Waals surface area contributed by atoms with E-state index in [2.05, 4.69) is 26.0 Å². The number of rotatable bonds is 2. The topological polar surface area (TPSA) is 40.5 Å². The fourth-order valence-electron chi connectivity index (χ4n) is 3.45. The van der Waals surface area contributed by atoms with E-state index in [1.54, 1.807) is 12.1 Å². The predicted octanol–water partition coefficient (Wildman–Crippen LogP) is 5.69. The van der Waals surface area contributed by atoms with Crippen molar-refractivity contribution < 1.29 is 10.2 Å². The Morgan fingerprint density at radius 3 is 2.35 bits per heavy atom. The summed E-state index contributed by atoms with van der Waals surface area (Å²) in [5, 5.41) is 19.4. The molecule has 0 heterocycles. The first-order valence-electron chi connectivity index (χ1n) is 8.29. The third kappa shape index (κ3) is 3.42. The van der Waals surface area contributed by atoms with Gasteiger partial charge in [-0.3, -0.25) is 0 Å². The van der Waals surface area contributed by atoms with Crippen LogP contribution in [0.5, 0.6) is 5.75 Å². The van der Waals surface area contributed by atoms with Gasteiger partial charge in [0.15, 0.2) is 0 Å². The average Bonchev–Trinajstić information content (AvgIpc) is 2.56. The first-order valence-corrected chi connectivity index (χ1v) is 8.29. The molecule has 3 rings (SSSR count). The zero-order valence-corrected chi connectivity index (χ0v) is 13.8. The van der Waals surface area contributed by atoms with E-state index in [1.165, 1.54) is 22.3 Å². The van der Waals surface area contributed by atoms with Crippen LogP contribution >= 0.6 is 0 Å². The molecule has 0 aromatic heterocycles. The molecule has 2 heteroatoms. The van der Waals surface area contributed by atoms with Crippen molar-refractivity contribution in [3.63, 3.8) is 0 Å². The zero-order valence-electron chi connectivity index (χ0n) is 13.8. The smallest absolute Gasteiger partial charge is 0.119 e. The Kier molecular flexibility index (Phi) is 4.42. The van der Waals surface area contributed by atoms with Crippen LogP contribution < -0.4 is 0 Å². The number of aliphatic hydroxyl groups excluding tert-OH is 1. The van der Waals surface area contributed by atoms with Crippen LogP contribution in [0, 0.1) is 0 Å². The van der Waals surface area contributed by atoms with E-state index in [-0.39, 0.29) is 0 Å². The highest BCUT2D eigenvalue weighted by atomic mass is 16.3. The summed E-state index contributed by atoms with van der Waals surface area (Å²) in [7, 11) is 0. The van der Waals surface area contributed by atoms with Gasteiger partial charge in [-0.15, -0.1) is 0 Å². The predicted molar refractivity (Wildman–Crippen MR) is 94.6 cm³/mol. The maximum atomic E-state index is 9.99. The first kappa shape index (κ1) is 15.7. The van der Waals surface area contributed by atoms with Gasteiger partial charge < -0.3 is 10.2 Å². The Morgan fingerprint density at radius 1 is 1.00 bits per heavy atom. The molecule has 0 amide bonds. The molecule has 0 fully saturated rings. The van der Waals surface area contributed by atoms with Crippen LogP contribution in [0.3, 0.4) is 0 Å². The second-order valence-electron chi connectivity index (χ2n) is 6.69. The summed E-state index contributed by atoms with van der Waals surface area (Å²) < 4.78 is 0. The molecule has 0 radical (unpaired) electrons. The van der Waals surface area contributed by atoms with Gasteiger partial charge in [-0.05, 0) is 79.5 Å². The van der Waals surface area contributed by atoms with Crippen molar-refractivity contribution in [1.82, 2.24) is 0 Å². The van der Waals surface area contributed by atoms with Crippen molar-refractivity contribution in [3.8, 4) is 5.75 Å². The molecule has 2 aliphatic rings. The quantitative estimate of drug-likeness (QED) is 0.736. The highest BCUT2D eigenvalue weighted by Gasteiger charge is 2.21. The normalized spacial score (nSPS) is 21.4. The molecule has 2 nitrogen and oxygen atoms in total. The van der Waals surface area contributed by atoms with Gasteiger partial charge in [-0.2, -0.15) is 0 Å². The minimum absolute atomic E-state index is 0.328. The molecule has 0 saturated carbocycles. The van der Waals surface area contributed by atoms with Crippen molar-refractivity contribution in [2.75, 3.05) is 0 Å². The van der Waals surface area contributed by atoms with E-state index in [0.717, 1.165) is 31.3 Å². The third-order valence-corrected chi connectivity index (χ3v) is 4.91. The van der Waals surface area contributed by atoms with E-state index >= 15 is 0 Å². The number of phenols is 1. The number of hydrogen-bond donors (Lipinski definition) is 2. The molecule has 1 aromatic rings. The van der Waals surface area contributed by atoms with Gasteiger partial charge in [0.25, 0.3) is 0 Å². The summed E-state index contributed by atoms with van der Waals surface area (Å²) in [4.78, 5) is 0. The molecule has 120 valence electrons. The molecular weight excluding hydrogens is 284 g/mol. The molecule has 1 aromatic carbocycles. The van der Waals surface area contributed by atoms with Crippen molar-refractivity contribution >= 4 is 0 Å². The molecule has 1 atom stereocenters. The Hall–Kier alpha value is -2.22. The molecule has 0 spiro atoms. The summed E-state index contributed by atoms with van der Waals surface area (Å²) in [5.74, 6) is 1.27. The van der Waals surface area contributed by atoms with Crippen molar-refractivity contribution in [2.24, 2.45) is 0 Å². The highest BCUT2D eigenvalue weighted by molar-refractivity contribution is 5.48. The number of allylic oxidation sites excluding steroid dienone is 7. The Bertz CT molecular complexity index is 711. The highest BCUT2D eigenvalue weighted by Crippen LogP contribution is 2.38. The van der Waals surface area contributed by atoms with Gasteiger partial charge in [0.05, 0.1) is 0 Å². The van der Waals surface area contributed by atoms with E-state index in [1.807, 2.05) is 18.2 Å². The van der Waals surface area contributed by atoms with Crippen LogP contribution in [0.1, 0.15) is 51.0 Å². The van der Waals surface area contributed by atoms with Gasteiger partial charge in [0, 0.05) is 6.42 Å². The Balaban J connectivity index is 1.75. The number of aromatic hydroxyl groups is 1. The van der Waals surface area contributed by atoms with Crippen LogP contribution in [0.15, 0.2) is 70.5 Å². The van der Waals surface area contributed by atoms with E-state index < -0.39 is 0 Å². The maximum absolute atomic E-state index is 9.99. The zero-order chi connectivity index (χ0) is 16.4. The summed E-state index contributed by atoms with van der Waals surface area (Å²) in [6.45, 7) is 4.11. The van der Waals surface area contributed by atoms with E-state index in [4.69, 9.17) is 0 Å². The number of phenolic OH excluding ortho intramolecular Hbond substituents is 1. The second-order valence-corrected chi connectivity index (χ2v) is 6.69. The van der Waals surface area contributed by atoms with Gasteiger partial charge >= 0.3 is 0 Å².